The summed E-state index contributed by atoms with van der Waals surface area (Å²) in [5, 5.41) is 22.2. The molecule has 0 heterocycles. The number of esters is 1. The van der Waals surface area contributed by atoms with Gasteiger partial charge in [0.05, 0.1) is 25.0 Å². The predicted molar refractivity (Wildman–Crippen MR) is 67.8 cm³/mol. The van der Waals surface area contributed by atoms with Gasteiger partial charge >= 0.3 is 5.97 Å². The molecule has 0 fully saturated rings. The van der Waals surface area contributed by atoms with Crippen LogP contribution in [0.2, 0.25) is 0 Å². The number of carbonyl (C=O) groups excluding carboxylic acids is 2. The maximum atomic E-state index is 11.6. The summed E-state index contributed by atoms with van der Waals surface area (Å²) >= 11 is 0. The van der Waals surface area contributed by atoms with Crippen LogP contribution in [-0.2, 0) is 20.7 Å². The number of nitrogens with zero attached hydrogens (tertiary/aromatic N) is 1. The maximum absolute atomic E-state index is 11.6. The molecule has 0 bridgehead atoms. The highest BCUT2D eigenvalue weighted by Crippen LogP contribution is 2.13. The van der Waals surface area contributed by atoms with Crippen LogP contribution in [-0.4, -0.2) is 41.7 Å². The van der Waals surface area contributed by atoms with Crippen molar-refractivity contribution in [1.29, 1.82) is 0 Å². The molecule has 1 aromatic carbocycles. The SMILES string of the molecule is COC(=O)C(O)CNC(=O)Cc1cccc([N+](=O)[O-])c1. The molecule has 1 aromatic rings. The smallest absolute Gasteiger partial charge is 0.336 e. The van der Waals surface area contributed by atoms with Crippen LogP contribution >= 0.6 is 0 Å². The Kier molecular flexibility index (Phi) is 5.60. The molecule has 0 spiro atoms. The summed E-state index contributed by atoms with van der Waals surface area (Å²) in [6.45, 7) is -0.277. The number of hydrogen-bond acceptors (Lipinski definition) is 6. The number of non-ortho nitro benzene ring substituents is 1. The highest BCUT2D eigenvalue weighted by atomic mass is 16.6. The molecule has 0 aliphatic rings. The third-order valence-corrected chi connectivity index (χ3v) is 2.45. The third-order valence-electron chi connectivity index (χ3n) is 2.45. The second-order valence-corrected chi connectivity index (χ2v) is 3.95. The molecule has 1 rings (SSSR count). The van der Waals surface area contributed by atoms with Gasteiger partial charge in [0.25, 0.3) is 5.69 Å². The molecular weight excluding hydrogens is 268 g/mol. The van der Waals surface area contributed by atoms with Gasteiger partial charge < -0.3 is 15.2 Å². The number of carbonyl (C=O) groups is 2. The Morgan fingerprint density at radius 2 is 2.20 bits per heavy atom. The van der Waals surface area contributed by atoms with E-state index in [2.05, 4.69) is 10.1 Å². The van der Waals surface area contributed by atoms with Crippen LogP contribution < -0.4 is 5.32 Å². The van der Waals surface area contributed by atoms with E-state index < -0.39 is 22.9 Å². The Hall–Kier alpha value is -2.48. The largest absolute Gasteiger partial charge is 0.467 e. The Bertz CT molecular complexity index is 516. The van der Waals surface area contributed by atoms with E-state index in [9.17, 15) is 24.8 Å². The monoisotopic (exact) mass is 282 g/mol. The van der Waals surface area contributed by atoms with Gasteiger partial charge in [-0.1, -0.05) is 12.1 Å². The molecule has 0 aliphatic carbocycles. The molecule has 108 valence electrons. The zero-order valence-electron chi connectivity index (χ0n) is 10.7. The lowest BCUT2D eigenvalue weighted by molar-refractivity contribution is -0.384. The van der Waals surface area contributed by atoms with Crippen molar-refractivity contribution in [3.05, 3.63) is 39.9 Å². The van der Waals surface area contributed by atoms with Crippen molar-refractivity contribution in [2.75, 3.05) is 13.7 Å². The molecule has 2 N–H and O–H groups in total. The lowest BCUT2D eigenvalue weighted by Crippen LogP contribution is -2.37. The number of nitrogens with one attached hydrogen (secondary N) is 1. The summed E-state index contributed by atoms with van der Waals surface area (Å²) in [5.74, 6) is -1.31. The van der Waals surface area contributed by atoms with Crippen LogP contribution in [0, 0.1) is 10.1 Å². The van der Waals surface area contributed by atoms with Crippen LogP contribution in [0.4, 0.5) is 5.69 Å². The Morgan fingerprint density at radius 1 is 1.50 bits per heavy atom. The van der Waals surface area contributed by atoms with Gasteiger partial charge in [-0.15, -0.1) is 0 Å². The highest BCUT2D eigenvalue weighted by Gasteiger charge is 2.16. The number of nitro benzene ring substituents is 1. The number of methoxy groups -OCH3 is 1. The number of aliphatic hydroxyl groups excluding tert-OH is 1. The van der Waals surface area contributed by atoms with E-state index in [1.165, 1.54) is 18.2 Å². The Morgan fingerprint density at radius 3 is 2.80 bits per heavy atom. The van der Waals surface area contributed by atoms with E-state index in [0.29, 0.717) is 5.56 Å². The fourth-order valence-electron chi connectivity index (χ4n) is 1.46. The number of hydrogen-bond donors (Lipinski definition) is 2. The molecular formula is C12H14N2O6. The molecule has 0 aliphatic heterocycles. The zero-order chi connectivity index (χ0) is 15.1. The van der Waals surface area contributed by atoms with Crippen LogP contribution in [0.15, 0.2) is 24.3 Å². The normalized spacial score (nSPS) is 11.5. The van der Waals surface area contributed by atoms with E-state index in [-0.39, 0.29) is 18.7 Å². The van der Waals surface area contributed by atoms with Gasteiger partial charge in [0.1, 0.15) is 0 Å². The molecule has 1 atom stereocenters. The van der Waals surface area contributed by atoms with E-state index in [1.54, 1.807) is 6.07 Å². The number of ether oxygens (including phenoxy) is 1. The Labute approximate surface area is 114 Å². The van der Waals surface area contributed by atoms with Crippen molar-refractivity contribution in [1.82, 2.24) is 5.32 Å². The fourth-order valence-corrected chi connectivity index (χ4v) is 1.46. The van der Waals surface area contributed by atoms with E-state index in [1.807, 2.05) is 0 Å². The standard InChI is InChI=1S/C12H14N2O6/c1-20-12(17)10(15)7-13-11(16)6-8-3-2-4-9(5-8)14(18)19/h2-5,10,15H,6-7H2,1H3,(H,13,16). The quantitative estimate of drug-likeness (QED) is 0.423. The molecule has 0 saturated heterocycles. The molecule has 20 heavy (non-hydrogen) atoms. The number of nitro groups is 1. The average molecular weight is 282 g/mol. The Balaban J connectivity index is 2.52. The molecule has 0 radical (unpaired) electrons. The van der Waals surface area contributed by atoms with Crippen molar-refractivity contribution in [2.24, 2.45) is 0 Å². The van der Waals surface area contributed by atoms with Gasteiger partial charge in [-0.2, -0.15) is 0 Å². The minimum absolute atomic E-state index is 0.0877. The minimum Gasteiger partial charge on any atom is -0.467 e. The third kappa shape index (κ3) is 4.65. The molecule has 1 unspecified atom stereocenters. The number of rotatable bonds is 6. The molecule has 0 saturated carbocycles. The van der Waals surface area contributed by atoms with Crippen molar-refractivity contribution in [2.45, 2.75) is 12.5 Å². The van der Waals surface area contributed by atoms with Crippen LogP contribution in [0.3, 0.4) is 0 Å². The van der Waals surface area contributed by atoms with Gasteiger partial charge in [-0.05, 0) is 5.56 Å². The first-order valence-electron chi connectivity index (χ1n) is 5.70. The lowest BCUT2D eigenvalue weighted by Gasteiger charge is -2.09. The lowest BCUT2D eigenvalue weighted by atomic mass is 10.1. The van der Waals surface area contributed by atoms with Crippen LogP contribution in [0.25, 0.3) is 0 Å². The summed E-state index contributed by atoms with van der Waals surface area (Å²) in [4.78, 5) is 32.5. The summed E-state index contributed by atoms with van der Waals surface area (Å²) < 4.78 is 4.29. The highest BCUT2D eigenvalue weighted by molar-refractivity contribution is 5.80. The number of benzene rings is 1. The fraction of sp³-hybridized carbons (Fsp3) is 0.333. The van der Waals surface area contributed by atoms with Crippen LogP contribution in [0.1, 0.15) is 5.56 Å². The summed E-state index contributed by atoms with van der Waals surface area (Å²) in [7, 11) is 1.12. The first-order valence-corrected chi connectivity index (χ1v) is 5.70. The van der Waals surface area contributed by atoms with Gasteiger partial charge in [0, 0.05) is 12.1 Å². The topological polar surface area (TPSA) is 119 Å². The second-order valence-electron chi connectivity index (χ2n) is 3.95. The maximum Gasteiger partial charge on any atom is 0.336 e. The zero-order valence-corrected chi connectivity index (χ0v) is 10.7. The van der Waals surface area contributed by atoms with Crippen molar-refractivity contribution in [3.8, 4) is 0 Å². The van der Waals surface area contributed by atoms with E-state index in [0.717, 1.165) is 7.11 Å². The van der Waals surface area contributed by atoms with Gasteiger partial charge in [-0.25, -0.2) is 4.79 Å². The van der Waals surface area contributed by atoms with Gasteiger partial charge in [0.2, 0.25) is 5.91 Å². The molecule has 0 aromatic heterocycles. The number of aliphatic hydroxyl groups is 1. The van der Waals surface area contributed by atoms with Gasteiger partial charge in [0.15, 0.2) is 6.10 Å². The second kappa shape index (κ2) is 7.19. The first kappa shape index (κ1) is 15.6. The van der Waals surface area contributed by atoms with Crippen molar-refractivity contribution in [3.63, 3.8) is 0 Å². The summed E-state index contributed by atoms with van der Waals surface area (Å²) in [5.41, 5.74) is 0.356. The summed E-state index contributed by atoms with van der Waals surface area (Å²) in [6, 6.07) is 5.66. The molecule has 1 amide bonds. The van der Waals surface area contributed by atoms with Crippen molar-refractivity contribution >= 4 is 17.6 Å². The average Bonchev–Trinajstić information content (AvgIpc) is 2.44. The van der Waals surface area contributed by atoms with Crippen LogP contribution in [0.5, 0.6) is 0 Å². The van der Waals surface area contributed by atoms with E-state index >= 15 is 0 Å². The first-order chi connectivity index (χ1) is 9.43. The van der Waals surface area contributed by atoms with Gasteiger partial charge in [-0.3, -0.25) is 14.9 Å². The predicted octanol–water partition coefficient (Wildman–Crippen LogP) is -0.213. The molecule has 8 heteroatoms. The molecule has 8 nitrogen and oxygen atoms in total. The summed E-state index contributed by atoms with van der Waals surface area (Å²) in [6.07, 6.45) is -1.52. The minimum atomic E-state index is -1.44. The number of amides is 1. The van der Waals surface area contributed by atoms with Crippen molar-refractivity contribution < 1.29 is 24.4 Å². The van der Waals surface area contributed by atoms with E-state index in [4.69, 9.17) is 0 Å².